The molecular formula is C20H23ClN2O2. The monoisotopic (exact) mass is 358 g/mol. The molecule has 2 aromatic rings. The molecule has 1 aliphatic heterocycles. The maximum Gasteiger partial charge on any atom is 0.230 e. The molecule has 0 spiro atoms. The predicted octanol–water partition coefficient (Wildman–Crippen LogP) is 3.20. The Bertz CT molecular complexity index is 715. The Morgan fingerprint density at radius 2 is 1.76 bits per heavy atom. The van der Waals surface area contributed by atoms with Crippen LogP contribution in [-0.2, 0) is 14.9 Å². The lowest BCUT2D eigenvalue weighted by Crippen LogP contribution is -2.49. The van der Waals surface area contributed by atoms with Gasteiger partial charge in [0.2, 0.25) is 5.91 Å². The van der Waals surface area contributed by atoms with E-state index in [1.165, 1.54) is 0 Å². The molecule has 132 valence electrons. The first-order valence-electron chi connectivity index (χ1n) is 8.55. The maximum atomic E-state index is 13.1. The second-order valence-corrected chi connectivity index (χ2v) is 6.81. The first-order valence-corrected chi connectivity index (χ1v) is 8.93. The first kappa shape index (κ1) is 17.9. The topological polar surface area (TPSA) is 64.3 Å². The average Bonchev–Trinajstić information content (AvgIpc) is 2.67. The number of carbonyl (C=O) groups is 1. The summed E-state index contributed by atoms with van der Waals surface area (Å²) in [6, 6.07) is 17.1. The molecule has 1 aliphatic rings. The van der Waals surface area contributed by atoms with Crippen LogP contribution in [0, 0.1) is 0 Å². The summed E-state index contributed by atoms with van der Waals surface area (Å²) in [5.74, 6) is -0.0321. The first-order chi connectivity index (χ1) is 12.1. The Morgan fingerprint density at radius 3 is 2.44 bits per heavy atom. The van der Waals surface area contributed by atoms with Gasteiger partial charge in [-0.1, -0.05) is 60.1 Å². The number of nitrogens with one attached hydrogen (secondary N) is 1. The summed E-state index contributed by atoms with van der Waals surface area (Å²) in [4.78, 5) is 13.1. The van der Waals surface area contributed by atoms with Crippen LogP contribution >= 0.6 is 11.6 Å². The van der Waals surface area contributed by atoms with E-state index >= 15 is 0 Å². The van der Waals surface area contributed by atoms with E-state index in [2.05, 4.69) is 5.32 Å². The molecule has 0 aromatic heterocycles. The summed E-state index contributed by atoms with van der Waals surface area (Å²) in [6.07, 6.45) is 1.23. The number of rotatable bonds is 5. The van der Waals surface area contributed by atoms with Crippen molar-refractivity contribution in [3.8, 4) is 0 Å². The molecule has 0 bridgehead atoms. The Morgan fingerprint density at radius 1 is 1.12 bits per heavy atom. The number of halogens is 1. The molecule has 1 fully saturated rings. The second-order valence-electron chi connectivity index (χ2n) is 6.40. The molecule has 1 heterocycles. The quantitative estimate of drug-likeness (QED) is 0.862. The van der Waals surface area contributed by atoms with Crippen LogP contribution in [0.5, 0.6) is 0 Å². The van der Waals surface area contributed by atoms with Gasteiger partial charge in [-0.05, 0) is 30.0 Å². The van der Waals surface area contributed by atoms with Gasteiger partial charge in [-0.25, -0.2) is 0 Å². The van der Waals surface area contributed by atoms with Crippen LogP contribution in [-0.4, -0.2) is 25.7 Å². The van der Waals surface area contributed by atoms with E-state index in [-0.39, 0.29) is 11.9 Å². The van der Waals surface area contributed by atoms with Crippen molar-refractivity contribution in [3.63, 3.8) is 0 Å². The zero-order valence-electron chi connectivity index (χ0n) is 14.1. The highest BCUT2D eigenvalue weighted by Crippen LogP contribution is 2.38. The van der Waals surface area contributed by atoms with E-state index in [1.54, 1.807) is 0 Å². The fourth-order valence-electron chi connectivity index (χ4n) is 3.38. The Labute approximate surface area is 153 Å². The lowest BCUT2D eigenvalue weighted by molar-refractivity contribution is -0.130. The largest absolute Gasteiger partial charge is 0.381 e. The van der Waals surface area contributed by atoms with Crippen LogP contribution in [0.25, 0.3) is 0 Å². The third kappa shape index (κ3) is 3.87. The van der Waals surface area contributed by atoms with Gasteiger partial charge >= 0.3 is 0 Å². The molecule has 1 saturated heterocycles. The highest BCUT2D eigenvalue weighted by Gasteiger charge is 2.42. The van der Waals surface area contributed by atoms with Gasteiger partial charge in [-0.3, -0.25) is 4.79 Å². The molecule has 0 saturated carbocycles. The smallest absolute Gasteiger partial charge is 0.230 e. The van der Waals surface area contributed by atoms with Crippen molar-refractivity contribution < 1.29 is 9.53 Å². The average molecular weight is 359 g/mol. The standard InChI is InChI=1S/C20H23ClN2O2/c21-17-9-5-4-8-16(17)20(10-12-25-13-11-20)19(24)23-14-18(22)15-6-2-1-3-7-15/h1-9,18H,10-14,22H2,(H,23,24). The maximum absolute atomic E-state index is 13.1. The molecule has 1 unspecified atom stereocenters. The lowest BCUT2D eigenvalue weighted by atomic mass is 9.73. The summed E-state index contributed by atoms with van der Waals surface area (Å²) in [5, 5.41) is 3.66. The fourth-order valence-corrected chi connectivity index (χ4v) is 3.69. The van der Waals surface area contributed by atoms with Gasteiger partial charge in [0.1, 0.15) is 0 Å². The number of hydrogen-bond acceptors (Lipinski definition) is 3. The van der Waals surface area contributed by atoms with Gasteiger partial charge in [0, 0.05) is 30.8 Å². The molecule has 0 radical (unpaired) electrons. The number of ether oxygens (including phenoxy) is 1. The van der Waals surface area contributed by atoms with Crippen molar-refractivity contribution in [2.75, 3.05) is 19.8 Å². The van der Waals surface area contributed by atoms with E-state index in [9.17, 15) is 4.79 Å². The Kier molecular flexibility index (Phi) is 5.74. The summed E-state index contributed by atoms with van der Waals surface area (Å²) in [5.41, 5.74) is 7.43. The van der Waals surface area contributed by atoms with Gasteiger partial charge in [-0.2, -0.15) is 0 Å². The molecule has 0 aliphatic carbocycles. The summed E-state index contributed by atoms with van der Waals surface area (Å²) in [7, 11) is 0. The lowest BCUT2D eigenvalue weighted by Gasteiger charge is -2.37. The Balaban J connectivity index is 1.78. The summed E-state index contributed by atoms with van der Waals surface area (Å²) in [6.45, 7) is 1.47. The van der Waals surface area contributed by atoms with Crippen molar-refractivity contribution in [1.29, 1.82) is 0 Å². The van der Waals surface area contributed by atoms with E-state index in [1.807, 2.05) is 54.6 Å². The van der Waals surface area contributed by atoms with Gasteiger partial charge in [0.25, 0.3) is 0 Å². The molecule has 1 amide bonds. The molecule has 5 heteroatoms. The highest BCUT2D eigenvalue weighted by atomic mass is 35.5. The van der Waals surface area contributed by atoms with Crippen LogP contribution in [0.15, 0.2) is 54.6 Å². The van der Waals surface area contributed by atoms with Crippen LogP contribution in [0.4, 0.5) is 0 Å². The highest BCUT2D eigenvalue weighted by molar-refractivity contribution is 6.31. The van der Waals surface area contributed by atoms with E-state index in [4.69, 9.17) is 22.1 Å². The normalized spacial score (nSPS) is 17.7. The number of nitrogens with two attached hydrogens (primary N) is 1. The van der Waals surface area contributed by atoms with E-state index in [0.29, 0.717) is 37.6 Å². The van der Waals surface area contributed by atoms with E-state index in [0.717, 1.165) is 11.1 Å². The van der Waals surface area contributed by atoms with Crippen LogP contribution in [0.2, 0.25) is 5.02 Å². The van der Waals surface area contributed by atoms with Crippen molar-refractivity contribution in [3.05, 3.63) is 70.7 Å². The van der Waals surface area contributed by atoms with Crippen LogP contribution < -0.4 is 11.1 Å². The second kappa shape index (κ2) is 8.00. The third-order valence-corrected chi connectivity index (χ3v) is 5.21. The minimum atomic E-state index is -0.660. The van der Waals surface area contributed by atoms with Crippen LogP contribution in [0.3, 0.4) is 0 Å². The zero-order valence-corrected chi connectivity index (χ0v) is 14.8. The van der Waals surface area contributed by atoms with Gasteiger partial charge in [-0.15, -0.1) is 0 Å². The predicted molar refractivity (Wildman–Crippen MR) is 99.6 cm³/mol. The van der Waals surface area contributed by atoms with Gasteiger partial charge < -0.3 is 15.8 Å². The SMILES string of the molecule is NC(CNC(=O)C1(c2ccccc2Cl)CCOCC1)c1ccccc1. The number of amides is 1. The van der Waals surface area contributed by atoms with Crippen molar-refractivity contribution in [2.24, 2.45) is 5.73 Å². The zero-order chi connectivity index (χ0) is 17.7. The molecule has 3 N–H and O–H groups in total. The minimum Gasteiger partial charge on any atom is -0.381 e. The molecule has 25 heavy (non-hydrogen) atoms. The van der Waals surface area contributed by atoms with Gasteiger partial charge in [0.05, 0.1) is 5.41 Å². The molecule has 3 rings (SSSR count). The Hall–Kier alpha value is -1.88. The fraction of sp³-hybridized carbons (Fsp3) is 0.350. The molecular weight excluding hydrogens is 336 g/mol. The molecule has 1 atom stereocenters. The minimum absolute atomic E-state index is 0.0321. The molecule has 2 aromatic carbocycles. The van der Waals surface area contributed by atoms with Gasteiger partial charge in [0.15, 0.2) is 0 Å². The van der Waals surface area contributed by atoms with E-state index < -0.39 is 5.41 Å². The number of hydrogen-bond donors (Lipinski definition) is 2. The van der Waals surface area contributed by atoms with Crippen molar-refractivity contribution in [1.82, 2.24) is 5.32 Å². The number of carbonyl (C=O) groups excluding carboxylic acids is 1. The third-order valence-electron chi connectivity index (χ3n) is 4.88. The van der Waals surface area contributed by atoms with Crippen LogP contribution in [0.1, 0.15) is 30.0 Å². The summed E-state index contributed by atoms with van der Waals surface area (Å²) >= 11 is 6.40. The molecule has 4 nitrogen and oxygen atoms in total. The summed E-state index contributed by atoms with van der Waals surface area (Å²) < 4.78 is 5.48. The van der Waals surface area contributed by atoms with Crippen molar-refractivity contribution >= 4 is 17.5 Å². The number of benzene rings is 2. The van der Waals surface area contributed by atoms with Crippen molar-refractivity contribution in [2.45, 2.75) is 24.3 Å².